The molecule has 3 rings (SSSR count). The summed E-state index contributed by atoms with van der Waals surface area (Å²) >= 11 is 0. The van der Waals surface area contributed by atoms with Crippen LogP contribution in [0.2, 0.25) is 0 Å². The molecule has 44 heavy (non-hydrogen) atoms. The molecule has 10 nitrogen and oxygen atoms in total. The van der Waals surface area contributed by atoms with Gasteiger partial charge in [-0.1, -0.05) is 12.1 Å². The molecule has 2 N–H and O–H groups in total. The fourth-order valence-corrected chi connectivity index (χ4v) is 3.08. The summed E-state index contributed by atoms with van der Waals surface area (Å²) in [6.45, 7) is 0.262. The van der Waals surface area contributed by atoms with Crippen LogP contribution in [0, 0.1) is 23.3 Å². The second-order valence-electron chi connectivity index (χ2n) is 8.18. The number of nitrogens with two attached hydrogens (primary N) is 1. The summed E-state index contributed by atoms with van der Waals surface area (Å²) in [5, 5.41) is 0. The highest BCUT2D eigenvalue weighted by molar-refractivity contribution is 6.14. The predicted octanol–water partition coefficient (Wildman–Crippen LogP) is 3.80. The summed E-state index contributed by atoms with van der Waals surface area (Å²) in [4.78, 5) is 45.5. The van der Waals surface area contributed by atoms with Crippen LogP contribution >= 0.6 is 0 Å². The molecule has 1 aromatic heterocycles. The number of esters is 3. The average molecular weight is 623 g/mol. The Kier molecular flexibility index (Phi) is 15.9. The Morgan fingerprint density at radius 2 is 1.34 bits per heavy atom. The van der Waals surface area contributed by atoms with Crippen molar-refractivity contribution < 1.29 is 50.9 Å². The third kappa shape index (κ3) is 11.6. The van der Waals surface area contributed by atoms with Gasteiger partial charge in [0.25, 0.3) is 5.56 Å². The number of ether oxygens (including phenoxy) is 4. The number of nitrogens with zero attached hydrogens (tertiary/aromatic N) is 1. The van der Waals surface area contributed by atoms with Crippen LogP contribution in [0.25, 0.3) is 0 Å². The van der Waals surface area contributed by atoms with E-state index in [1.807, 2.05) is 0 Å². The van der Waals surface area contributed by atoms with Crippen molar-refractivity contribution in [3.63, 3.8) is 0 Å². The molecule has 0 fully saturated rings. The van der Waals surface area contributed by atoms with E-state index >= 15 is 0 Å². The zero-order valence-electron chi connectivity index (χ0n) is 24.1. The molecule has 0 radical (unpaired) electrons. The van der Waals surface area contributed by atoms with Crippen LogP contribution in [0.3, 0.4) is 0 Å². The molecule has 0 bridgehead atoms. The van der Waals surface area contributed by atoms with Crippen molar-refractivity contribution in [3.8, 4) is 0 Å². The zero-order chi connectivity index (χ0) is 33.2. The Morgan fingerprint density at radius 3 is 1.82 bits per heavy atom. The quantitative estimate of drug-likeness (QED) is 0.0582. The lowest BCUT2D eigenvalue weighted by molar-refractivity contribution is -0.144. The number of carbonyl (C=O) groups excluding carboxylic acids is 3. The number of pyridine rings is 1. The van der Waals surface area contributed by atoms with Crippen LogP contribution in [-0.2, 0) is 41.6 Å². The van der Waals surface area contributed by atoms with Gasteiger partial charge in [-0.15, -0.1) is 0 Å². The van der Waals surface area contributed by atoms with Gasteiger partial charge in [0.2, 0.25) is 0 Å². The van der Waals surface area contributed by atoms with E-state index in [4.69, 9.17) is 5.73 Å². The second kappa shape index (κ2) is 19.0. The van der Waals surface area contributed by atoms with Crippen molar-refractivity contribution in [1.29, 1.82) is 0 Å². The topological polar surface area (TPSA) is 136 Å². The molecule has 3 aromatic rings. The van der Waals surface area contributed by atoms with Crippen molar-refractivity contribution in [2.75, 3.05) is 28.4 Å². The molecule has 14 heteroatoms. The van der Waals surface area contributed by atoms with Gasteiger partial charge in [0, 0.05) is 12.7 Å². The summed E-state index contributed by atoms with van der Waals surface area (Å²) in [7, 11) is 4.98. The zero-order valence-corrected chi connectivity index (χ0v) is 24.1. The Bertz CT molecular complexity index is 1540. The van der Waals surface area contributed by atoms with E-state index < -0.39 is 46.7 Å². The van der Waals surface area contributed by atoms with Crippen LogP contribution in [0.15, 0.2) is 83.5 Å². The fourth-order valence-electron chi connectivity index (χ4n) is 3.08. The first-order valence-corrected chi connectivity index (χ1v) is 12.4. The maximum atomic E-state index is 13.1. The maximum Gasteiger partial charge on any atom is 0.345 e. The van der Waals surface area contributed by atoms with E-state index in [1.54, 1.807) is 0 Å². The normalized spacial score (nSPS) is 9.93. The number of hydrogen-bond acceptors (Lipinski definition) is 9. The summed E-state index contributed by atoms with van der Waals surface area (Å²) < 4.78 is 69.6. The number of carbonyl (C=O) groups is 3. The molecule has 0 aliphatic rings. The van der Waals surface area contributed by atoms with Crippen LogP contribution < -0.4 is 11.3 Å². The Labute approximate surface area is 249 Å². The van der Waals surface area contributed by atoms with Gasteiger partial charge in [-0.2, -0.15) is 0 Å². The monoisotopic (exact) mass is 622 g/mol. The third-order valence-corrected chi connectivity index (χ3v) is 5.27. The molecule has 0 saturated carbocycles. The summed E-state index contributed by atoms with van der Waals surface area (Å²) in [6, 6.07) is 9.83. The van der Waals surface area contributed by atoms with Crippen molar-refractivity contribution >= 4 is 17.9 Å². The first-order chi connectivity index (χ1) is 20.9. The van der Waals surface area contributed by atoms with Crippen molar-refractivity contribution in [1.82, 2.24) is 4.57 Å². The van der Waals surface area contributed by atoms with E-state index in [9.17, 15) is 36.7 Å². The Morgan fingerprint density at radius 1 is 0.795 bits per heavy atom. The first-order valence-electron chi connectivity index (χ1n) is 12.4. The van der Waals surface area contributed by atoms with Crippen molar-refractivity contribution in [3.05, 3.63) is 129 Å². The number of benzene rings is 2. The van der Waals surface area contributed by atoms with Gasteiger partial charge in [0.05, 0.1) is 41.2 Å². The van der Waals surface area contributed by atoms with Crippen molar-refractivity contribution in [2.45, 2.75) is 13.1 Å². The number of aromatic nitrogens is 1. The van der Waals surface area contributed by atoms with E-state index in [0.29, 0.717) is 11.1 Å². The van der Waals surface area contributed by atoms with Crippen LogP contribution in [0.1, 0.15) is 21.5 Å². The lowest BCUT2D eigenvalue weighted by Crippen LogP contribution is -2.26. The largest absolute Gasteiger partial charge is 0.504 e. The highest BCUT2D eigenvalue weighted by Gasteiger charge is 2.18. The number of allylic oxidation sites excluding steroid dienone is 2. The van der Waals surface area contributed by atoms with Gasteiger partial charge in [0.15, 0.2) is 23.3 Å². The molecular formula is C30H30F4N2O8. The Balaban J connectivity index is 0.000000353. The first kappa shape index (κ1) is 36.8. The highest BCUT2D eigenvalue weighted by atomic mass is 19.2. The molecule has 1 heterocycles. The molecule has 0 saturated heterocycles. The molecular weight excluding hydrogens is 592 g/mol. The molecule has 0 atom stereocenters. The predicted molar refractivity (Wildman–Crippen MR) is 150 cm³/mol. The van der Waals surface area contributed by atoms with E-state index in [2.05, 4.69) is 18.9 Å². The summed E-state index contributed by atoms with van der Waals surface area (Å²) in [5.41, 5.74) is 5.33. The van der Waals surface area contributed by atoms with E-state index in [-0.39, 0.29) is 24.2 Å². The van der Waals surface area contributed by atoms with Gasteiger partial charge in [-0.05, 0) is 59.7 Å². The Hall–Kier alpha value is -5.24. The maximum absolute atomic E-state index is 13.1. The molecule has 0 spiro atoms. The SMILES string of the molecule is CO/C=C/C=C(C(=O)OC)C(=O)OC.COC(=O)c1cccn(Cc2ccc(F)c(F)c2)c1=O.NCc1ccc(F)c(F)c1. The summed E-state index contributed by atoms with van der Waals surface area (Å²) in [5.74, 6) is -5.87. The van der Waals surface area contributed by atoms with Gasteiger partial charge in [-0.3, -0.25) is 4.79 Å². The van der Waals surface area contributed by atoms with Crippen molar-refractivity contribution in [2.24, 2.45) is 5.73 Å². The lowest BCUT2D eigenvalue weighted by Gasteiger charge is -2.07. The molecule has 236 valence electrons. The minimum absolute atomic E-state index is 0.0286. The minimum atomic E-state index is -0.986. The second-order valence-corrected chi connectivity index (χ2v) is 8.18. The van der Waals surface area contributed by atoms with Crippen LogP contribution in [0.4, 0.5) is 17.6 Å². The average Bonchev–Trinajstić information content (AvgIpc) is 3.03. The van der Waals surface area contributed by atoms with Gasteiger partial charge in [0.1, 0.15) is 11.1 Å². The van der Waals surface area contributed by atoms with E-state index in [0.717, 1.165) is 24.3 Å². The number of halogens is 4. The molecule has 2 aromatic carbocycles. The van der Waals surface area contributed by atoms with Gasteiger partial charge >= 0.3 is 17.9 Å². The smallest absolute Gasteiger partial charge is 0.345 e. The fraction of sp³-hybridized carbons (Fsp3) is 0.200. The lowest BCUT2D eigenvalue weighted by atomic mass is 10.2. The van der Waals surface area contributed by atoms with E-state index in [1.165, 1.54) is 81.9 Å². The van der Waals surface area contributed by atoms with Crippen LogP contribution in [0.5, 0.6) is 0 Å². The number of methoxy groups -OCH3 is 4. The molecule has 0 aliphatic carbocycles. The minimum Gasteiger partial charge on any atom is -0.504 e. The van der Waals surface area contributed by atoms with Gasteiger partial charge < -0.3 is 29.2 Å². The van der Waals surface area contributed by atoms with Gasteiger partial charge in [-0.25, -0.2) is 31.9 Å². The molecule has 0 unspecified atom stereocenters. The number of rotatable bonds is 8. The third-order valence-electron chi connectivity index (χ3n) is 5.27. The molecule has 0 amide bonds. The number of hydrogen-bond donors (Lipinski definition) is 1. The van der Waals surface area contributed by atoms with Crippen LogP contribution in [-0.4, -0.2) is 50.9 Å². The standard InChI is InChI=1S/C14H11F2NO3.C9H12O5.C7H7F2N/c1-20-14(19)10-3-2-6-17(13(10)18)8-9-4-5-11(15)12(16)7-9;1-12-6-4-5-7(8(10)13-2)9(11)14-3;8-6-2-1-5(4-10)3-7(6)9/h2-7H,8H2,1H3;4-6H,1-3H3;1-3H,4,10H2/b;6-4+;. The highest BCUT2D eigenvalue weighted by Crippen LogP contribution is 2.10. The molecule has 0 aliphatic heterocycles. The summed E-state index contributed by atoms with van der Waals surface area (Å²) in [6.07, 6.45) is 5.41.